The van der Waals surface area contributed by atoms with E-state index >= 15 is 0 Å². The van der Waals surface area contributed by atoms with Gasteiger partial charge in [-0.3, -0.25) is 4.90 Å². The predicted octanol–water partition coefficient (Wildman–Crippen LogP) is 6.15. The summed E-state index contributed by atoms with van der Waals surface area (Å²) in [6, 6.07) is 11.8. The molecule has 2 aromatic carbocycles. The molecule has 7 rings (SSSR count). The number of fused-ring (bicyclic) bond motifs is 1. The maximum Gasteiger partial charge on any atom is 0.374 e. The fraction of sp³-hybridized carbons (Fsp3) is 0.406. The molecule has 10 nitrogen and oxygen atoms in total. The number of aromatic carboxylic acids is 1. The Labute approximate surface area is 258 Å². The second-order valence-corrected chi connectivity index (χ2v) is 12.2. The number of benzene rings is 2. The number of para-hydroxylation sites is 1. The minimum absolute atomic E-state index is 0.126. The minimum Gasteiger partial charge on any atom is -0.475 e. The zero-order valence-electron chi connectivity index (χ0n) is 24.4. The number of nitrogens with zero attached hydrogens (tertiary/aromatic N) is 4. The van der Waals surface area contributed by atoms with Crippen molar-refractivity contribution in [3.8, 4) is 22.9 Å². The van der Waals surface area contributed by atoms with Gasteiger partial charge in [0, 0.05) is 35.9 Å². The van der Waals surface area contributed by atoms with Crippen LogP contribution < -0.4 is 9.47 Å². The lowest BCUT2D eigenvalue weighted by Gasteiger charge is -2.33. The predicted molar refractivity (Wildman–Crippen MR) is 157 cm³/mol. The van der Waals surface area contributed by atoms with Crippen molar-refractivity contribution in [1.29, 1.82) is 0 Å². The average Bonchev–Trinajstić information content (AvgIpc) is 3.67. The zero-order valence-corrected chi connectivity index (χ0v) is 25.1. The lowest BCUT2D eigenvalue weighted by atomic mass is 9.88. The van der Waals surface area contributed by atoms with Gasteiger partial charge in [0.15, 0.2) is 11.5 Å². The number of aromatic nitrogens is 3. The molecule has 44 heavy (non-hydrogen) atoms. The molecule has 1 N–H and O–H groups in total. The van der Waals surface area contributed by atoms with E-state index in [0.717, 1.165) is 56.0 Å². The van der Waals surface area contributed by atoms with Crippen LogP contribution in [0, 0.1) is 12.7 Å². The molecule has 2 aromatic heterocycles. The van der Waals surface area contributed by atoms with E-state index in [0.29, 0.717) is 46.6 Å². The van der Waals surface area contributed by atoms with Crippen molar-refractivity contribution in [2.75, 3.05) is 19.7 Å². The SMILES string of the molecule is Cc1c(-c2cc(C(=O)O)on2)nc(CN2CCC(c3cccc4c3O[C@@](C)(c3ccc(Cl)cc3F)O4)CC2)n1C[C@@H]1CCO1. The summed E-state index contributed by atoms with van der Waals surface area (Å²) in [6.45, 7) is 7.43. The van der Waals surface area contributed by atoms with Crippen molar-refractivity contribution in [2.45, 2.75) is 64.0 Å². The van der Waals surface area contributed by atoms with Crippen LogP contribution in [-0.4, -0.2) is 56.5 Å². The molecule has 0 saturated carbocycles. The molecule has 2 fully saturated rings. The second-order valence-electron chi connectivity index (χ2n) is 11.7. The summed E-state index contributed by atoms with van der Waals surface area (Å²) in [5.41, 5.74) is 3.26. The molecule has 2 saturated heterocycles. The van der Waals surface area contributed by atoms with Gasteiger partial charge >= 0.3 is 5.97 Å². The lowest BCUT2D eigenvalue weighted by molar-refractivity contribution is -0.0712. The van der Waals surface area contributed by atoms with Gasteiger partial charge < -0.3 is 28.4 Å². The van der Waals surface area contributed by atoms with Crippen molar-refractivity contribution < 1.29 is 33.0 Å². The van der Waals surface area contributed by atoms with Crippen molar-refractivity contribution in [2.24, 2.45) is 0 Å². The number of carboxylic acid groups (broad SMARTS) is 1. The molecule has 230 valence electrons. The molecule has 3 aliphatic heterocycles. The zero-order chi connectivity index (χ0) is 30.6. The molecule has 0 spiro atoms. The molecule has 4 aromatic rings. The highest BCUT2D eigenvalue weighted by Gasteiger charge is 2.43. The number of likely N-dealkylation sites (tertiary alicyclic amines) is 1. The number of halogens is 2. The van der Waals surface area contributed by atoms with Gasteiger partial charge in [-0.15, -0.1) is 0 Å². The lowest BCUT2D eigenvalue weighted by Crippen LogP contribution is -2.35. The maximum atomic E-state index is 14.8. The van der Waals surface area contributed by atoms with Crippen LogP contribution in [0.2, 0.25) is 5.02 Å². The first-order chi connectivity index (χ1) is 21.2. The fourth-order valence-corrected chi connectivity index (χ4v) is 6.52. The number of rotatable bonds is 8. The molecule has 3 aliphatic rings. The standard InChI is InChI=1S/C32H32ClFN4O6/c1-18-29(25-15-27(31(39)40)44-36-25)35-28(38(18)16-21-10-13-41-21)17-37-11-8-19(9-12-37)22-4-3-5-26-30(22)43-32(2,42-26)23-7-6-20(33)14-24(23)34/h3-7,14-15,19,21H,8-13,16-17H2,1-2H3,(H,39,40)/t21-,32-/m0/s1. The molecule has 0 unspecified atom stereocenters. The average molecular weight is 623 g/mol. The summed E-state index contributed by atoms with van der Waals surface area (Å²) < 4.78 is 40.2. The Kier molecular flexibility index (Phi) is 7.34. The van der Waals surface area contributed by atoms with Crippen LogP contribution in [0.3, 0.4) is 0 Å². The van der Waals surface area contributed by atoms with Crippen LogP contribution in [0.4, 0.5) is 4.39 Å². The third kappa shape index (κ3) is 5.22. The van der Waals surface area contributed by atoms with Gasteiger partial charge in [0.05, 0.1) is 24.8 Å². The van der Waals surface area contributed by atoms with Crippen molar-refractivity contribution in [3.63, 3.8) is 0 Å². The topological polar surface area (TPSA) is 112 Å². The number of hydrogen-bond acceptors (Lipinski definition) is 8. The normalized spacial score (nSPS) is 21.9. The van der Waals surface area contributed by atoms with E-state index in [2.05, 4.69) is 20.7 Å². The quantitative estimate of drug-likeness (QED) is 0.247. The van der Waals surface area contributed by atoms with Gasteiger partial charge in [-0.1, -0.05) is 28.9 Å². The van der Waals surface area contributed by atoms with Gasteiger partial charge in [0.25, 0.3) is 5.79 Å². The van der Waals surface area contributed by atoms with E-state index in [1.54, 1.807) is 19.1 Å². The summed E-state index contributed by atoms with van der Waals surface area (Å²) >= 11 is 5.97. The molecular weight excluding hydrogens is 591 g/mol. The van der Waals surface area contributed by atoms with Gasteiger partial charge in [-0.2, -0.15) is 0 Å². The summed E-state index contributed by atoms with van der Waals surface area (Å²) in [5.74, 6) is -0.781. The summed E-state index contributed by atoms with van der Waals surface area (Å²) in [7, 11) is 0. The van der Waals surface area contributed by atoms with E-state index in [9.17, 15) is 14.3 Å². The number of carbonyl (C=O) groups is 1. The Hall–Kier alpha value is -3.93. The van der Waals surface area contributed by atoms with Crippen LogP contribution in [-0.2, 0) is 23.6 Å². The smallest absolute Gasteiger partial charge is 0.374 e. The van der Waals surface area contributed by atoms with Crippen LogP contribution in [0.5, 0.6) is 11.5 Å². The first kappa shape index (κ1) is 28.8. The first-order valence-corrected chi connectivity index (χ1v) is 15.1. The summed E-state index contributed by atoms with van der Waals surface area (Å²) in [4.78, 5) is 18.6. The van der Waals surface area contributed by atoms with Crippen LogP contribution in [0.1, 0.15) is 65.3 Å². The Bertz CT molecular complexity index is 1730. The highest BCUT2D eigenvalue weighted by molar-refractivity contribution is 6.30. The third-order valence-corrected chi connectivity index (χ3v) is 9.10. The summed E-state index contributed by atoms with van der Waals surface area (Å²) in [6.07, 6.45) is 2.91. The van der Waals surface area contributed by atoms with E-state index in [-0.39, 0.29) is 17.8 Å². The van der Waals surface area contributed by atoms with E-state index in [1.165, 1.54) is 12.1 Å². The first-order valence-electron chi connectivity index (χ1n) is 14.8. The van der Waals surface area contributed by atoms with Crippen LogP contribution in [0.25, 0.3) is 11.4 Å². The molecule has 0 amide bonds. The Morgan fingerprint density at radius 1 is 1.16 bits per heavy atom. The van der Waals surface area contributed by atoms with Gasteiger partial charge in [0.1, 0.15) is 23.0 Å². The highest BCUT2D eigenvalue weighted by Crippen LogP contribution is 2.50. The molecule has 0 bridgehead atoms. The summed E-state index contributed by atoms with van der Waals surface area (Å²) in [5, 5.41) is 13.6. The Balaban J connectivity index is 1.07. The third-order valence-electron chi connectivity index (χ3n) is 8.87. The molecule has 0 radical (unpaired) electrons. The number of imidazole rings is 1. The van der Waals surface area contributed by atoms with Crippen LogP contribution >= 0.6 is 11.6 Å². The van der Waals surface area contributed by atoms with Crippen molar-refractivity contribution in [3.05, 3.63) is 81.7 Å². The van der Waals surface area contributed by atoms with Crippen molar-refractivity contribution >= 4 is 17.6 Å². The highest BCUT2D eigenvalue weighted by atomic mass is 35.5. The van der Waals surface area contributed by atoms with Crippen molar-refractivity contribution in [1.82, 2.24) is 19.6 Å². The van der Waals surface area contributed by atoms with E-state index < -0.39 is 17.6 Å². The minimum atomic E-state index is -1.29. The van der Waals surface area contributed by atoms with E-state index in [4.69, 9.17) is 35.3 Å². The maximum absolute atomic E-state index is 14.8. The fourth-order valence-electron chi connectivity index (χ4n) is 6.36. The molecule has 5 heterocycles. The Morgan fingerprint density at radius 3 is 2.64 bits per heavy atom. The van der Waals surface area contributed by atoms with E-state index in [1.807, 2.05) is 19.1 Å². The van der Waals surface area contributed by atoms with Gasteiger partial charge in [0.2, 0.25) is 5.76 Å². The number of hydrogen-bond donors (Lipinski definition) is 1. The molecular formula is C32H32ClFN4O6. The van der Waals surface area contributed by atoms with Gasteiger partial charge in [-0.05, 0) is 69.5 Å². The molecule has 12 heteroatoms. The Morgan fingerprint density at radius 2 is 1.95 bits per heavy atom. The molecule has 2 atom stereocenters. The second kappa shape index (κ2) is 11.2. The van der Waals surface area contributed by atoms with Gasteiger partial charge in [-0.25, -0.2) is 14.2 Å². The number of piperidine rings is 1. The monoisotopic (exact) mass is 622 g/mol. The number of carboxylic acids is 1. The van der Waals surface area contributed by atoms with Crippen LogP contribution in [0.15, 0.2) is 47.0 Å². The largest absolute Gasteiger partial charge is 0.475 e. The number of ether oxygens (including phenoxy) is 3. The molecule has 0 aliphatic carbocycles.